The topological polar surface area (TPSA) is 84.2 Å². The highest BCUT2D eigenvalue weighted by molar-refractivity contribution is 5.70. The van der Waals surface area contributed by atoms with Gasteiger partial charge in [-0.25, -0.2) is 9.97 Å². The summed E-state index contributed by atoms with van der Waals surface area (Å²) in [6, 6.07) is 0. The molecule has 0 spiro atoms. The maximum atomic E-state index is 11.1. The molecule has 0 saturated carbocycles. The van der Waals surface area contributed by atoms with E-state index in [9.17, 15) is 10.1 Å². The van der Waals surface area contributed by atoms with Crippen LogP contribution in [0.25, 0.3) is 0 Å². The van der Waals surface area contributed by atoms with Crippen molar-refractivity contribution in [1.29, 1.82) is 0 Å². The molecule has 7 heteroatoms. The van der Waals surface area contributed by atoms with Crippen molar-refractivity contribution in [3.63, 3.8) is 0 Å². The first kappa shape index (κ1) is 11.6. The summed E-state index contributed by atoms with van der Waals surface area (Å²) in [6.07, 6.45) is 4.64. The fourth-order valence-corrected chi connectivity index (χ4v) is 2.06. The lowest BCUT2D eigenvalue weighted by Crippen LogP contribution is -2.31. The third kappa shape index (κ3) is 2.27. The third-order valence-corrected chi connectivity index (χ3v) is 2.88. The monoisotopic (exact) mass is 237 g/mol. The van der Waals surface area contributed by atoms with Crippen LogP contribution in [0.15, 0.2) is 6.33 Å². The lowest BCUT2D eigenvalue weighted by Gasteiger charge is -2.27. The summed E-state index contributed by atoms with van der Waals surface area (Å²) in [5, 5.41) is 13.8. The van der Waals surface area contributed by atoms with E-state index in [0.717, 1.165) is 25.9 Å². The van der Waals surface area contributed by atoms with E-state index in [1.54, 1.807) is 7.05 Å². The van der Waals surface area contributed by atoms with Crippen molar-refractivity contribution in [2.45, 2.75) is 19.3 Å². The average molecular weight is 237 g/mol. The van der Waals surface area contributed by atoms with Gasteiger partial charge < -0.3 is 10.2 Å². The molecule has 2 heterocycles. The predicted octanol–water partition coefficient (Wildman–Crippen LogP) is 1.42. The minimum Gasteiger partial charge on any atom is -0.367 e. The average Bonchev–Trinajstić information content (AvgIpc) is 2.38. The van der Waals surface area contributed by atoms with Gasteiger partial charge in [-0.2, -0.15) is 0 Å². The Hall–Kier alpha value is -1.92. The molecule has 1 aliphatic heterocycles. The molecule has 0 aromatic carbocycles. The molecule has 0 radical (unpaired) electrons. The maximum absolute atomic E-state index is 11.1. The normalized spacial score (nSPS) is 15.7. The molecule has 1 fully saturated rings. The van der Waals surface area contributed by atoms with E-state index < -0.39 is 4.92 Å². The smallest absolute Gasteiger partial charge is 0.353 e. The first-order valence-electron chi connectivity index (χ1n) is 5.66. The van der Waals surface area contributed by atoms with Crippen molar-refractivity contribution in [1.82, 2.24) is 9.97 Å². The van der Waals surface area contributed by atoms with Crippen LogP contribution >= 0.6 is 0 Å². The Morgan fingerprint density at radius 2 is 2.06 bits per heavy atom. The van der Waals surface area contributed by atoms with Gasteiger partial charge >= 0.3 is 5.69 Å². The summed E-state index contributed by atoms with van der Waals surface area (Å²) >= 11 is 0. The number of hydrogen-bond acceptors (Lipinski definition) is 6. The van der Waals surface area contributed by atoms with Gasteiger partial charge in [-0.1, -0.05) is 0 Å². The molecule has 2 rings (SSSR count). The largest absolute Gasteiger partial charge is 0.367 e. The molecule has 0 atom stereocenters. The molecule has 0 amide bonds. The number of nitrogens with zero attached hydrogens (tertiary/aromatic N) is 4. The van der Waals surface area contributed by atoms with Crippen LogP contribution < -0.4 is 10.2 Å². The molecular formula is C10H15N5O2. The maximum Gasteiger partial charge on any atom is 0.353 e. The number of rotatable bonds is 3. The van der Waals surface area contributed by atoms with E-state index in [4.69, 9.17) is 0 Å². The lowest BCUT2D eigenvalue weighted by molar-refractivity contribution is -0.383. The lowest BCUT2D eigenvalue weighted by atomic mass is 10.1. The third-order valence-electron chi connectivity index (χ3n) is 2.88. The van der Waals surface area contributed by atoms with Gasteiger partial charge in [-0.05, 0) is 19.3 Å². The van der Waals surface area contributed by atoms with Gasteiger partial charge in [0.2, 0.25) is 11.6 Å². The minimum atomic E-state index is -0.421. The van der Waals surface area contributed by atoms with E-state index in [2.05, 4.69) is 15.3 Å². The summed E-state index contributed by atoms with van der Waals surface area (Å²) < 4.78 is 0. The van der Waals surface area contributed by atoms with Crippen molar-refractivity contribution in [3.8, 4) is 0 Å². The molecule has 92 valence electrons. The first-order chi connectivity index (χ1) is 8.24. The zero-order valence-corrected chi connectivity index (χ0v) is 9.72. The van der Waals surface area contributed by atoms with Crippen LogP contribution in [0.5, 0.6) is 0 Å². The molecule has 1 saturated heterocycles. The molecule has 7 nitrogen and oxygen atoms in total. The summed E-state index contributed by atoms with van der Waals surface area (Å²) in [5.74, 6) is 0.694. The van der Waals surface area contributed by atoms with Crippen molar-refractivity contribution in [3.05, 3.63) is 16.4 Å². The Kier molecular flexibility index (Phi) is 3.36. The van der Waals surface area contributed by atoms with Crippen molar-refractivity contribution in [2.75, 3.05) is 30.4 Å². The quantitative estimate of drug-likeness (QED) is 0.632. The Bertz CT molecular complexity index is 417. The summed E-state index contributed by atoms with van der Waals surface area (Å²) in [4.78, 5) is 20.6. The van der Waals surface area contributed by atoms with Crippen LogP contribution in [0.1, 0.15) is 19.3 Å². The second-order valence-electron chi connectivity index (χ2n) is 3.95. The van der Waals surface area contributed by atoms with Crippen LogP contribution in [-0.2, 0) is 0 Å². The Morgan fingerprint density at radius 1 is 1.35 bits per heavy atom. The molecule has 0 bridgehead atoms. The highest BCUT2D eigenvalue weighted by Gasteiger charge is 2.27. The van der Waals surface area contributed by atoms with E-state index in [1.807, 2.05) is 4.90 Å². The molecule has 1 aromatic rings. The van der Waals surface area contributed by atoms with Gasteiger partial charge in [0.05, 0.1) is 4.92 Å². The van der Waals surface area contributed by atoms with Crippen LogP contribution in [0.2, 0.25) is 0 Å². The minimum absolute atomic E-state index is 0.0306. The SMILES string of the molecule is CNc1ncnc(N2CCCCC2)c1[N+](=O)[O-]. The van der Waals surface area contributed by atoms with Gasteiger partial charge in [0, 0.05) is 20.1 Å². The van der Waals surface area contributed by atoms with Crippen LogP contribution in [0.4, 0.5) is 17.3 Å². The number of nitrogens with one attached hydrogen (secondary N) is 1. The zero-order valence-electron chi connectivity index (χ0n) is 9.72. The van der Waals surface area contributed by atoms with Crippen molar-refractivity contribution >= 4 is 17.3 Å². The van der Waals surface area contributed by atoms with E-state index in [-0.39, 0.29) is 11.5 Å². The standard InChI is InChI=1S/C10H15N5O2/c1-11-9-8(15(16)17)10(13-7-12-9)14-5-3-2-4-6-14/h7H,2-6H2,1H3,(H,11,12,13). The molecule has 1 aliphatic rings. The number of hydrogen-bond donors (Lipinski definition) is 1. The summed E-state index contributed by atoms with van der Waals surface area (Å²) in [5.41, 5.74) is -0.0306. The van der Waals surface area contributed by atoms with Crippen LogP contribution in [-0.4, -0.2) is 35.0 Å². The summed E-state index contributed by atoms with van der Waals surface area (Å²) in [6.45, 7) is 1.64. The predicted molar refractivity (Wildman–Crippen MR) is 64.3 cm³/mol. The summed E-state index contributed by atoms with van der Waals surface area (Å²) in [7, 11) is 1.62. The van der Waals surface area contributed by atoms with Gasteiger partial charge in [0.25, 0.3) is 0 Å². The first-order valence-corrected chi connectivity index (χ1v) is 5.66. The van der Waals surface area contributed by atoms with Crippen molar-refractivity contribution < 1.29 is 4.92 Å². The Morgan fingerprint density at radius 3 is 2.65 bits per heavy atom. The number of anilines is 2. The van der Waals surface area contributed by atoms with Crippen LogP contribution in [0.3, 0.4) is 0 Å². The fraction of sp³-hybridized carbons (Fsp3) is 0.600. The van der Waals surface area contributed by atoms with Gasteiger partial charge in [0.1, 0.15) is 6.33 Å². The molecule has 17 heavy (non-hydrogen) atoms. The fourth-order valence-electron chi connectivity index (χ4n) is 2.06. The number of nitro groups is 1. The molecule has 1 aromatic heterocycles. The highest BCUT2D eigenvalue weighted by Crippen LogP contribution is 2.32. The van der Waals surface area contributed by atoms with Gasteiger partial charge in [-0.3, -0.25) is 10.1 Å². The molecule has 0 aliphatic carbocycles. The second-order valence-corrected chi connectivity index (χ2v) is 3.95. The number of piperidine rings is 1. The van der Waals surface area contributed by atoms with Gasteiger partial charge in [0.15, 0.2) is 0 Å². The molecule has 1 N–H and O–H groups in total. The van der Waals surface area contributed by atoms with Crippen LogP contribution in [0, 0.1) is 10.1 Å². The second kappa shape index (κ2) is 4.94. The molecule has 0 unspecified atom stereocenters. The Labute approximate surface area is 99.0 Å². The highest BCUT2D eigenvalue weighted by atomic mass is 16.6. The van der Waals surface area contributed by atoms with E-state index >= 15 is 0 Å². The Balaban J connectivity index is 2.40. The van der Waals surface area contributed by atoms with Gasteiger partial charge in [-0.15, -0.1) is 0 Å². The van der Waals surface area contributed by atoms with E-state index in [0.29, 0.717) is 5.82 Å². The number of aromatic nitrogens is 2. The van der Waals surface area contributed by atoms with E-state index in [1.165, 1.54) is 12.7 Å². The van der Waals surface area contributed by atoms with Crippen molar-refractivity contribution in [2.24, 2.45) is 0 Å². The molecular weight excluding hydrogens is 222 g/mol. The zero-order chi connectivity index (χ0) is 12.3.